The molecule has 4 N–H and O–H groups in total. The van der Waals surface area contributed by atoms with Gasteiger partial charge in [0.05, 0.1) is 6.10 Å². The Balaban J connectivity index is 2.63. The molecule has 0 aliphatic carbocycles. The predicted molar refractivity (Wildman–Crippen MR) is 39.2 cm³/mol. The van der Waals surface area contributed by atoms with Crippen LogP contribution in [0.2, 0.25) is 0 Å². The lowest BCUT2D eigenvalue weighted by molar-refractivity contribution is -0.281. The summed E-state index contributed by atoms with van der Waals surface area (Å²) in [6.07, 6.45) is -5.44. The molecule has 1 rings (SSSR count). The smallest absolute Gasteiger partial charge is 0.183 e. The van der Waals surface area contributed by atoms with E-state index in [0.29, 0.717) is 6.42 Å². The van der Waals surface area contributed by atoms with Crippen LogP contribution in [0.5, 0.6) is 0 Å². The Morgan fingerprint density at radius 3 is 2.08 bits per heavy atom. The van der Waals surface area contributed by atoms with Gasteiger partial charge >= 0.3 is 0 Å². The van der Waals surface area contributed by atoms with Crippen LogP contribution < -0.4 is 0 Å². The van der Waals surface area contributed by atoms with Gasteiger partial charge in [-0.15, -0.1) is 0 Å². The summed E-state index contributed by atoms with van der Waals surface area (Å²) in [5, 5.41) is 36.5. The Labute approximate surface area is 70.2 Å². The number of aliphatic hydroxyl groups is 4. The molecule has 0 radical (unpaired) electrons. The van der Waals surface area contributed by atoms with Crippen LogP contribution in [0.25, 0.3) is 0 Å². The lowest BCUT2D eigenvalue weighted by Crippen LogP contribution is -2.57. The van der Waals surface area contributed by atoms with E-state index in [0.717, 1.165) is 0 Å². The van der Waals surface area contributed by atoms with Gasteiger partial charge in [0.25, 0.3) is 0 Å². The first-order valence-electron chi connectivity index (χ1n) is 3.95. The van der Waals surface area contributed by atoms with Crippen LogP contribution in [0.3, 0.4) is 0 Å². The average Bonchev–Trinajstić information content (AvgIpc) is 2.08. The van der Waals surface area contributed by atoms with Crippen LogP contribution in [0.1, 0.15) is 13.3 Å². The summed E-state index contributed by atoms with van der Waals surface area (Å²) in [6, 6.07) is 0. The topological polar surface area (TPSA) is 90.2 Å². The summed E-state index contributed by atoms with van der Waals surface area (Å²) in [7, 11) is 0. The summed E-state index contributed by atoms with van der Waals surface area (Å²) < 4.78 is 4.83. The minimum Gasteiger partial charge on any atom is -0.388 e. The van der Waals surface area contributed by atoms with Crippen molar-refractivity contribution >= 4 is 0 Å². The summed E-state index contributed by atoms with van der Waals surface area (Å²) >= 11 is 0. The zero-order chi connectivity index (χ0) is 9.30. The van der Waals surface area contributed by atoms with E-state index < -0.39 is 30.7 Å². The number of ether oxygens (including phenoxy) is 1. The first-order chi connectivity index (χ1) is 5.57. The second-order valence-corrected chi connectivity index (χ2v) is 2.95. The Morgan fingerprint density at radius 1 is 1.00 bits per heavy atom. The van der Waals surface area contributed by atoms with Crippen molar-refractivity contribution in [3.8, 4) is 0 Å². The van der Waals surface area contributed by atoms with Gasteiger partial charge in [-0.3, -0.25) is 0 Å². The van der Waals surface area contributed by atoms with E-state index in [-0.39, 0.29) is 0 Å². The molecule has 1 fully saturated rings. The second-order valence-electron chi connectivity index (χ2n) is 2.95. The molecule has 5 atom stereocenters. The number of hydrogen-bond donors (Lipinski definition) is 4. The molecule has 3 unspecified atom stereocenters. The van der Waals surface area contributed by atoms with Crippen LogP contribution in [-0.2, 0) is 4.74 Å². The Kier molecular flexibility index (Phi) is 3.03. The molecule has 1 heterocycles. The molecular formula is C7H14O5. The van der Waals surface area contributed by atoms with Crippen molar-refractivity contribution in [2.24, 2.45) is 0 Å². The third-order valence-corrected chi connectivity index (χ3v) is 2.09. The van der Waals surface area contributed by atoms with Gasteiger partial charge < -0.3 is 25.2 Å². The summed E-state index contributed by atoms with van der Waals surface area (Å²) in [5.41, 5.74) is 0. The standard InChI is InChI=1S/C7H14O5/c1-2-3-4(8)5(9)6(10)7(11)12-3/h3-11H,2H2,1H3/t3?,4-,5?,6?,7-/m1/s1. The van der Waals surface area contributed by atoms with Crippen molar-refractivity contribution in [2.45, 2.75) is 44.1 Å². The molecule has 0 aromatic carbocycles. The minimum atomic E-state index is -1.43. The van der Waals surface area contributed by atoms with Crippen LogP contribution in [0.15, 0.2) is 0 Å². The lowest BCUT2D eigenvalue weighted by Gasteiger charge is -2.37. The van der Waals surface area contributed by atoms with E-state index >= 15 is 0 Å². The van der Waals surface area contributed by atoms with Gasteiger partial charge in [0.1, 0.15) is 18.3 Å². The fourth-order valence-electron chi connectivity index (χ4n) is 1.27. The molecule has 5 nitrogen and oxygen atoms in total. The molecule has 0 saturated carbocycles. The molecule has 5 heteroatoms. The van der Waals surface area contributed by atoms with Crippen LogP contribution in [-0.4, -0.2) is 51.1 Å². The largest absolute Gasteiger partial charge is 0.388 e. The highest BCUT2D eigenvalue weighted by Gasteiger charge is 2.41. The molecule has 12 heavy (non-hydrogen) atoms. The number of rotatable bonds is 1. The van der Waals surface area contributed by atoms with Crippen molar-refractivity contribution in [3.63, 3.8) is 0 Å². The molecule has 1 aliphatic heterocycles. The van der Waals surface area contributed by atoms with Gasteiger partial charge in [-0.1, -0.05) is 6.92 Å². The molecule has 0 amide bonds. The van der Waals surface area contributed by atoms with Crippen molar-refractivity contribution in [1.82, 2.24) is 0 Å². The third kappa shape index (κ3) is 1.60. The quantitative estimate of drug-likeness (QED) is 0.380. The fraction of sp³-hybridized carbons (Fsp3) is 1.00. The molecule has 72 valence electrons. The summed E-state index contributed by atoms with van der Waals surface area (Å²) in [6.45, 7) is 1.75. The van der Waals surface area contributed by atoms with Gasteiger partial charge in [-0.05, 0) is 6.42 Å². The fourth-order valence-corrected chi connectivity index (χ4v) is 1.27. The minimum absolute atomic E-state index is 0.474. The average molecular weight is 178 g/mol. The second kappa shape index (κ2) is 3.68. The molecule has 1 saturated heterocycles. The number of hydrogen-bond acceptors (Lipinski definition) is 5. The number of aliphatic hydroxyl groups excluding tert-OH is 4. The molecule has 0 aromatic heterocycles. The van der Waals surface area contributed by atoms with Gasteiger partial charge in [0.2, 0.25) is 0 Å². The highest BCUT2D eigenvalue weighted by atomic mass is 16.6. The highest BCUT2D eigenvalue weighted by molar-refractivity contribution is 4.87. The highest BCUT2D eigenvalue weighted by Crippen LogP contribution is 2.21. The maximum atomic E-state index is 9.28. The van der Waals surface area contributed by atoms with E-state index in [1.54, 1.807) is 6.92 Å². The van der Waals surface area contributed by atoms with Crippen LogP contribution in [0.4, 0.5) is 0 Å². The molecular weight excluding hydrogens is 164 g/mol. The zero-order valence-corrected chi connectivity index (χ0v) is 6.79. The summed E-state index contributed by atoms with van der Waals surface area (Å²) in [5.74, 6) is 0. The monoisotopic (exact) mass is 178 g/mol. The van der Waals surface area contributed by atoms with E-state index in [2.05, 4.69) is 0 Å². The molecule has 0 bridgehead atoms. The van der Waals surface area contributed by atoms with Crippen molar-refractivity contribution in [1.29, 1.82) is 0 Å². The van der Waals surface area contributed by atoms with Gasteiger partial charge in [0, 0.05) is 0 Å². The zero-order valence-electron chi connectivity index (χ0n) is 6.79. The first kappa shape index (κ1) is 9.88. The van der Waals surface area contributed by atoms with E-state index in [1.165, 1.54) is 0 Å². The van der Waals surface area contributed by atoms with E-state index in [4.69, 9.17) is 14.9 Å². The van der Waals surface area contributed by atoms with Crippen LogP contribution in [0, 0.1) is 0 Å². The maximum Gasteiger partial charge on any atom is 0.183 e. The lowest BCUT2D eigenvalue weighted by atomic mass is 9.97. The molecule has 0 aromatic rings. The molecule has 0 spiro atoms. The van der Waals surface area contributed by atoms with Gasteiger partial charge in [-0.2, -0.15) is 0 Å². The maximum absolute atomic E-state index is 9.28. The Morgan fingerprint density at radius 2 is 1.58 bits per heavy atom. The van der Waals surface area contributed by atoms with Gasteiger partial charge in [-0.25, -0.2) is 0 Å². The van der Waals surface area contributed by atoms with Crippen molar-refractivity contribution in [2.75, 3.05) is 0 Å². The van der Waals surface area contributed by atoms with E-state index in [1.807, 2.05) is 0 Å². The van der Waals surface area contributed by atoms with E-state index in [9.17, 15) is 10.2 Å². The van der Waals surface area contributed by atoms with Crippen LogP contribution >= 0.6 is 0 Å². The van der Waals surface area contributed by atoms with Gasteiger partial charge in [0.15, 0.2) is 6.29 Å². The van der Waals surface area contributed by atoms with Crippen molar-refractivity contribution < 1.29 is 25.2 Å². The summed E-state index contributed by atoms with van der Waals surface area (Å²) in [4.78, 5) is 0. The Hall–Kier alpha value is -0.200. The SMILES string of the molecule is CCC1O[C@@H](O)C(O)C(O)[C@@H]1O. The normalized spacial score (nSPS) is 49.2. The first-order valence-corrected chi connectivity index (χ1v) is 3.95. The predicted octanol–water partition coefficient (Wildman–Crippen LogP) is -1.80. The third-order valence-electron chi connectivity index (χ3n) is 2.09. The molecule has 1 aliphatic rings. The van der Waals surface area contributed by atoms with Crippen molar-refractivity contribution in [3.05, 3.63) is 0 Å². The Bertz CT molecular complexity index is 146.